The largest absolute Gasteiger partial charge is 0.351 e. The third-order valence-electron chi connectivity index (χ3n) is 3.11. The van der Waals surface area contributed by atoms with Gasteiger partial charge in [-0.25, -0.2) is 0 Å². The normalized spacial score (nSPS) is 9.96. The summed E-state index contributed by atoms with van der Waals surface area (Å²) < 4.78 is 1.12. The predicted octanol–water partition coefficient (Wildman–Crippen LogP) is 3.24. The van der Waals surface area contributed by atoms with E-state index in [1.807, 2.05) is 24.4 Å². The van der Waals surface area contributed by atoms with Gasteiger partial charge in [-0.05, 0) is 42.3 Å². The highest BCUT2D eigenvalue weighted by atomic mass is 35.5. The first-order chi connectivity index (χ1) is 11.7. The van der Waals surface area contributed by atoms with E-state index in [1.165, 1.54) is 11.8 Å². The maximum absolute atomic E-state index is 11.9. The number of anilines is 1. The third kappa shape index (κ3) is 7.92. The Labute approximate surface area is 162 Å². The van der Waals surface area contributed by atoms with Gasteiger partial charge in [0.15, 0.2) is 0 Å². The number of halogens is 1. The van der Waals surface area contributed by atoms with Crippen LogP contribution in [0.2, 0.25) is 0 Å². The lowest BCUT2D eigenvalue weighted by Gasteiger charge is -2.07. The molecule has 5 nitrogen and oxygen atoms in total. The molecule has 0 atom stereocenters. The summed E-state index contributed by atoms with van der Waals surface area (Å²) in [5, 5.41) is 10.8. The van der Waals surface area contributed by atoms with E-state index in [0.717, 1.165) is 17.3 Å². The zero-order chi connectivity index (χ0) is 17.2. The molecule has 0 radical (unpaired) electrons. The molecule has 2 aromatic rings. The number of rotatable bonds is 9. The second-order valence-electron chi connectivity index (χ2n) is 4.96. The van der Waals surface area contributed by atoms with E-state index in [-0.39, 0.29) is 24.2 Å². The number of carbonyl (C=O) groups excluding carboxylic acids is 2. The molecule has 2 amide bonds. The van der Waals surface area contributed by atoms with Crippen LogP contribution in [-0.2, 0) is 4.79 Å². The second kappa shape index (κ2) is 11.9. The Morgan fingerprint density at radius 1 is 1.12 bits per heavy atom. The van der Waals surface area contributed by atoms with Gasteiger partial charge in [-0.3, -0.25) is 9.59 Å². The Bertz CT molecular complexity index is 648. The fraction of sp³-hybridized carbons (Fsp3) is 0.294. The zero-order valence-electron chi connectivity index (χ0n) is 13.9. The molecule has 8 heteroatoms. The molecule has 0 aliphatic heterocycles. The molecular weight excluding hydrogens is 378 g/mol. The number of benzene rings is 1. The van der Waals surface area contributed by atoms with Crippen molar-refractivity contribution < 1.29 is 9.59 Å². The van der Waals surface area contributed by atoms with Gasteiger partial charge in [0.05, 0.1) is 9.96 Å². The van der Waals surface area contributed by atoms with Crippen LogP contribution in [0, 0.1) is 0 Å². The standard InChI is InChI=1S/C17H21N3O2S2.ClH/c1-2-18-9-10-19-17(22)13-5-7-14(8-6-13)20-15(21)12-24-16-4-3-11-23-16;/h3-8,11,18H,2,9-10,12H2,1H3,(H,19,22)(H,20,21);1H. The Morgan fingerprint density at radius 2 is 1.88 bits per heavy atom. The van der Waals surface area contributed by atoms with Gasteiger partial charge in [0.2, 0.25) is 5.91 Å². The number of carbonyl (C=O) groups is 2. The molecule has 2 rings (SSSR count). The van der Waals surface area contributed by atoms with Crippen LogP contribution >= 0.6 is 35.5 Å². The maximum atomic E-state index is 11.9. The summed E-state index contributed by atoms with van der Waals surface area (Å²) in [6.45, 7) is 4.24. The highest BCUT2D eigenvalue weighted by Crippen LogP contribution is 2.23. The highest BCUT2D eigenvalue weighted by molar-refractivity contribution is 8.01. The van der Waals surface area contributed by atoms with Crippen LogP contribution < -0.4 is 16.0 Å². The molecule has 0 aliphatic rings. The Hall–Kier alpha value is -1.54. The summed E-state index contributed by atoms with van der Waals surface area (Å²) in [5.41, 5.74) is 1.27. The Balaban J connectivity index is 0.00000312. The summed E-state index contributed by atoms with van der Waals surface area (Å²) >= 11 is 3.13. The molecule has 0 fully saturated rings. The van der Waals surface area contributed by atoms with Crippen molar-refractivity contribution in [2.24, 2.45) is 0 Å². The number of hydrogen-bond donors (Lipinski definition) is 3. The van der Waals surface area contributed by atoms with Crippen LogP contribution in [0.4, 0.5) is 5.69 Å². The van der Waals surface area contributed by atoms with Gasteiger partial charge in [0.25, 0.3) is 5.91 Å². The van der Waals surface area contributed by atoms with Gasteiger partial charge in [-0.1, -0.05) is 13.0 Å². The molecule has 0 unspecified atom stereocenters. The van der Waals surface area contributed by atoms with Crippen molar-refractivity contribution in [2.75, 3.05) is 30.7 Å². The first-order valence-corrected chi connectivity index (χ1v) is 9.60. The molecule has 0 saturated heterocycles. The number of thiophene rings is 1. The Morgan fingerprint density at radius 3 is 2.52 bits per heavy atom. The van der Waals surface area contributed by atoms with E-state index in [9.17, 15) is 9.59 Å². The maximum Gasteiger partial charge on any atom is 0.251 e. The third-order valence-corrected chi connectivity index (χ3v) is 5.24. The van der Waals surface area contributed by atoms with Crippen molar-refractivity contribution in [3.63, 3.8) is 0 Å². The van der Waals surface area contributed by atoms with Gasteiger partial charge >= 0.3 is 0 Å². The van der Waals surface area contributed by atoms with E-state index < -0.39 is 0 Å². The van der Waals surface area contributed by atoms with E-state index >= 15 is 0 Å². The molecule has 25 heavy (non-hydrogen) atoms. The summed E-state index contributed by atoms with van der Waals surface area (Å²) in [5.74, 6) is 0.197. The summed E-state index contributed by atoms with van der Waals surface area (Å²) in [4.78, 5) is 23.9. The van der Waals surface area contributed by atoms with E-state index in [1.54, 1.807) is 35.6 Å². The van der Waals surface area contributed by atoms with Gasteiger partial charge in [0, 0.05) is 24.3 Å². The molecule has 0 aliphatic carbocycles. The van der Waals surface area contributed by atoms with Crippen LogP contribution in [-0.4, -0.2) is 37.2 Å². The zero-order valence-corrected chi connectivity index (χ0v) is 16.4. The van der Waals surface area contributed by atoms with E-state index in [4.69, 9.17) is 0 Å². The smallest absolute Gasteiger partial charge is 0.251 e. The molecule has 0 spiro atoms. The average Bonchev–Trinajstić information content (AvgIpc) is 3.11. The lowest BCUT2D eigenvalue weighted by Crippen LogP contribution is -2.31. The Kier molecular flexibility index (Phi) is 10.3. The quantitative estimate of drug-likeness (QED) is 0.447. The van der Waals surface area contributed by atoms with Crippen molar-refractivity contribution in [1.29, 1.82) is 0 Å². The molecule has 1 aromatic carbocycles. The van der Waals surface area contributed by atoms with Crippen LogP contribution in [0.3, 0.4) is 0 Å². The lowest BCUT2D eigenvalue weighted by molar-refractivity contribution is -0.113. The first-order valence-electron chi connectivity index (χ1n) is 7.74. The van der Waals surface area contributed by atoms with Crippen LogP contribution in [0.15, 0.2) is 46.0 Å². The topological polar surface area (TPSA) is 70.2 Å². The van der Waals surface area contributed by atoms with Crippen molar-refractivity contribution in [3.8, 4) is 0 Å². The number of thioether (sulfide) groups is 1. The summed E-state index contributed by atoms with van der Waals surface area (Å²) in [6.07, 6.45) is 0. The second-order valence-corrected chi connectivity index (χ2v) is 7.18. The summed E-state index contributed by atoms with van der Waals surface area (Å²) in [7, 11) is 0. The average molecular weight is 400 g/mol. The van der Waals surface area contributed by atoms with Crippen molar-refractivity contribution in [3.05, 3.63) is 47.3 Å². The monoisotopic (exact) mass is 399 g/mol. The van der Waals surface area contributed by atoms with Gasteiger partial charge < -0.3 is 16.0 Å². The van der Waals surface area contributed by atoms with Gasteiger partial charge in [0.1, 0.15) is 0 Å². The molecule has 136 valence electrons. The molecule has 1 heterocycles. The van der Waals surface area contributed by atoms with Crippen LogP contribution in [0.1, 0.15) is 17.3 Å². The van der Waals surface area contributed by atoms with E-state index in [0.29, 0.717) is 23.5 Å². The fourth-order valence-electron chi connectivity index (χ4n) is 1.93. The number of likely N-dealkylation sites (N-methyl/N-ethyl adjacent to an activating group) is 1. The number of hydrogen-bond acceptors (Lipinski definition) is 5. The minimum atomic E-state index is -0.112. The number of amides is 2. The molecule has 0 bridgehead atoms. The van der Waals surface area contributed by atoms with E-state index in [2.05, 4.69) is 16.0 Å². The molecule has 3 N–H and O–H groups in total. The SMILES string of the molecule is CCNCCNC(=O)c1ccc(NC(=O)CSc2cccs2)cc1.Cl. The molecule has 1 aromatic heterocycles. The molecular formula is C17H22ClN3O2S2. The van der Waals surface area contributed by atoms with Crippen molar-refractivity contribution in [2.45, 2.75) is 11.1 Å². The van der Waals surface area contributed by atoms with Crippen LogP contribution in [0.5, 0.6) is 0 Å². The summed E-state index contributed by atoms with van der Waals surface area (Å²) in [6, 6.07) is 10.9. The van der Waals surface area contributed by atoms with Gasteiger partial charge in [-0.15, -0.1) is 35.5 Å². The minimum Gasteiger partial charge on any atom is -0.351 e. The lowest BCUT2D eigenvalue weighted by atomic mass is 10.2. The predicted molar refractivity (Wildman–Crippen MR) is 108 cm³/mol. The minimum absolute atomic E-state index is 0. The highest BCUT2D eigenvalue weighted by Gasteiger charge is 2.07. The first kappa shape index (κ1) is 21.5. The van der Waals surface area contributed by atoms with Crippen molar-refractivity contribution >= 4 is 53.0 Å². The fourth-order valence-corrected chi connectivity index (χ4v) is 3.51. The van der Waals surface area contributed by atoms with Gasteiger partial charge in [-0.2, -0.15) is 0 Å². The molecule has 0 saturated carbocycles. The number of nitrogens with one attached hydrogen (secondary N) is 3. The van der Waals surface area contributed by atoms with Crippen molar-refractivity contribution in [1.82, 2.24) is 10.6 Å². The van der Waals surface area contributed by atoms with Crippen LogP contribution in [0.25, 0.3) is 0 Å².